The first-order valence-electron chi connectivity index (χ1n) is 6.50. The number of rotatable bonds is 5. The number of nitrogens with zero attached hydrogens (tertiary/aromatic N) is 1. The highest BCUT2D eigenvalue weighted by Crippen LogP contribution is 2.14. The molecule has 0 amide bonds. The van der Waals surface area contributed by atoms with Crippen molar-refractivity contribution in [1.82, 2.24) is 4.98 Å². The highest BCUT2D eigenvalue weighted by molar-refractivity contribution is 5.80. The molecule has 0 bridgehead atoms. The number of carbonyl (C=O) groups is 1. The molecule has 0 unspecified atom stereocenters. The smallest absolute Gasteiger partial charge is 0.133 e. The number of Topliss-reactive ketones (excluding diaryl/α,β-unsaturated/α-hetero) is 1. The van der Waals surface area contributed by atoms with Gasteiger partial charge in [-0.2, -0.15) is 0 Å². The molecular formula is C16H19NO. The molecule has 0 spiro atoms. The minimum Gasteiger partial charge on any atom is -0.300 e. The summed E-state index contributed by atoms with van der Waals surface area (Å²) in [6.45, 7) is 4.16. The number of aromatic nitrogens is 1. The molecule has 0 aliphatic rings. The lowest BCUT2D eigenvalue weighted by Gasteiger charge is -2.05. The minimum absolute atomic E-state index is 0.346. The molecule has 2 heteroatoms. The van der Waals surface area contributed by atoms with Crippen LogP contribution in [0.5, 0.6) is 0 Å². The fraction of sp³-hybridized carbons (Fsp3) is 0.375. The van der Waals surface area contributed by atoms with Crippen LogP contribution in [-0.2, 0) is 11.2 Å². The van der Waals surface area contributed by atoms with Crippen molar-refractivity contribution in [2.75, 3.05) is 0 Å². The van der Waals surface area contributed by atoms with Gasteiger partial charge in [-0.15, -0.1) is 0 Å². The van der Waals surface area contributed by atoms with Crippen molar-refractivity contribution in [2.24, 2.45) is 5.92 Å². The number of carbonyl (C=O) groups excluding carboxylic acids is 1. The summed E-state index contributed by atoms with van der Waals surface area (Å²) in [5, 5.41) is 1.14. The van der Waals surface area contributed by atoms with Crippen LogP contribution in [0.1, 0.15) is 32.3 Å². The van der Waals surface area contributed by atoms with Gasteiger partial charge in [-0.3, -0.25) is 9.78 Å². The molecule has 1 heterocycles. The number of fused-ring (bicyclic) bond motifs is 1. The predicted molar refractivity (Wildman–Crippen MR) is 74.5 cm³/mol. The zero-order valence-corrected chi connectivity index (χ0v) is 11.0. The van der Waals surface area contributed by atoms with Crippen molar-refractivity contribution in [1.29, 1.82) is 0 Å². The summed E-state index contributed by atoms with van der Waals surface area (Å²) in [5.41, 5.74) is 2.15. The van der Waals surface area contributed by atoms with E-state index in [9.17, 15) is 4.79 Å². The molecule has 94 valence electrons. The average Bonchev–Trinajstić information content (AvgIpc) is 2.35. The Hall–Kier alpha value is -1.70. The summed E-state index contributed by atoms with van der Waals surface area (Å²) in [5.74, 6) is 0.797. The first-order chi connectivity index (χ1) is 8.65. The van der Waals surface area contributed by atoms with Crippen LogP contribution >= 0.6 is 0 Å². The van der Waals surface area contributed by atoms with Crippen LogP contribution < -0.4 is 0 Å². The summed E-state index contributed by atoms with van der Waals surface area (Å²) in [4.78, 5) is 16.1. The van der Waals surface area contributed by atoms with Gasteiger partial charge >= 0.3 is 0 Å². The maximum atomic E-state index is 11.7. The van der Waals surface area contributed by atoms with E-state index in [2.05, 4.69) is 31.0 Å². The third-order valence-electron chi connectivity index (χ3n) is 2.98. The number of hydrogen-bond donors (Lipinski definition) is 0. The molecule has 0 saturated heterocycles. The van der Waals surface area contributed by atoms with Crippen molar-refractivity contribution in [3.05, 3.63) is 42.1 Å². The lowest BCUT2D eigenvalue weighted by atomic mass is 10.0. The number of ketones is 1. The van der Waals surface area contributed by atoms with Gasteiger partial charge in [0.25, 0.3) is 0 Å². The molecule has 1 aromatic heterocycles. The molecule has 0 radical (unpaired) electrons. The van der Waals surface area contributed by atoms with Crippen LogP contribution in [0.4, 0.5) is 0 Å². The van der Waals surface area contributed by atoms with E-state index in [1.54, 1.807) is 0 Å². The summed E-state index contributed by atoms with van der Waals surface area (Å²) in [6, 6.07) is 10.2. The van der Waals surface area contributed by atoms with Gasteiger partial charge in [-0.1, -0.05) is 32.0 Å². The Balaban J connectivity index is 2.01. The topological polar surface area (TPSA) is 30.0 Å². The van der Waals surface area contributed by atoms with E-state index in [1.165, 1.54) is 0 Å². The highest BCUT2D eigenvalue weighted by Gasteiger charge is 2.06. The Morgan fingerprint density at radius 1 is 1.28 bits per heavy atom. The SMILES string of the molecule is CC(C)CC(=O)CCc1cnc2ccccc2c1. The van der Waals surface area contributed by atoms with Gasteiger partial charge in [-0.05, 0) is 30.0 Å². The quantitative estimate of drug-likeness (QED) is 0.797. The lowest BCUT2D eigenvalue weighted by molar-refractivity contribution is -0.119. The van der Waals surface area contributed by atoms with E-state index >= 15 is 0 Å². The van der Waals surface area contributed by atoms with E-state index in [0.717, 1.165) is 22.9 Å². The first kappa shape index (κ1) is 12.7. The Morgan fingerprint density at radius 3 is 2.83 bits per heavy atom. The largest absolute Gasteiger partial charge is 0.300 e. The van der Waals surface area contributed by atoms with Crippen LogP contribution in [-0.4, -0.2) is 10.8 Å². The van der Waals surface area contributed by atoms with Gasteiger partial charge in [0, 0.05) is 24.4 Å². The minimum atomic E-state index is 0.346. The molecular weight excluding hydrogens is 222 g/mol. The van der Waals surface area contributed by atoms with Gasteiger partial charge in [0.1, 0.15) is 5.78 Å². The van der Waals surface area contributed by atoms with Gasteiger partial charge in [0.05, 0.1) is 5.52 Å². The van der Waals surface area contributed by atoms with Crippen molar-refractivity contribution in [3.8, 4) is 0 Å². The highest BCUT2D eigenvalue weighted by atomic mass is 16.1. The Morgan fingerprint density at radius 2 is 2.06 bits per heavy atom. The molecule has 0 aliphatic carbocycles. The number of aryl methyl sites for hydroxylation is 1. The van der Waals surface area contributed by atoms with Gasteiger partial charge in [0.15, 0.2) is 0 Å². The summed E-state index contributed by atoms with van der Waals surface area (Å²) >= 11 is 0. The fourth-order valence-corrected chi connectivity index (χ4v) is 2.09. The Bertz CT molecular complexity index is 546. The van der Waals surface area contributed by atoms with Crippen LogP contribution in [0.25, 0.3) is 10.9 Å². The molecule has 0 fully saturated rings. The molecule has 0 saturated carbocycles. The molecule has 1 aromatic carbocycles. The standard InChI is InChI=1S/C16H19NO/c1-12(2)9-15(18)8-7-13-10-14-5-3-4-6-16(14)17-11-13/h3-6,10-12H,7-9H2,1-2H3. The van der Waals surface area contributed by atoms with Crippen LogP contribution in [0.2, 0.25) is 0 Å². The fourth-order valence-electron chi connectivity index (χ4n) is 2.09. The predicted octanol–water partition coefficient (Wildman–Crippen LogP) is 3.78. The Labute approximate surface area is 108 Å². The number of para-hydroxylation sites is 1. The molecule has 2 aromatic rings. The van der Waals surface area contributed by atoms with Crippen molar-refractivity contribution >= 4 is 16.7 Å². The van der Waals surface area contributed by atoms with Gasteiger partial charge < -0.3 is 0 Å². The summed E-state index contributed by atoms with van der Waals surface area (Å²) in [7, 11) is 0. The van der Waals surface area contributed by atoms with E-state index in [0.29, 0.717) is 24.5 Å². The Kier molecular flexibility index (Phi) is 4.08. The van der Waals surface area contributed by atoms with Gasteiger partial charge in [0.2, 0.25) is 0 Å². The lowest BCUT2D eigenvalue weighted by Crippen LogP contribution is -2.04. The van der Waals surface area contributed by atoms with Crippen molar-refractivity contribution in [2.45, 2.75) is 33.1 Å². The molecule has 18 heavy (non-hydrogen) atoms. The van der Waals surface area contributed by atoms with E-state index < -0.39 is 0 Å². The third-order valence-corrected chi connectivity index (χ3v) is 2.98. The maximum absolute atomic E-state index is 11.7. The zero-order valence-electron chi connectivity index (χ0n) is 11.0. The second-order valence-corrected chi connectivity index (χ2v) is 5.17. The van der Waals surface area contributed by atoms with E-state index in [1.807, 2.05) is 24.4 Å². The van der Waals surface area contributed by atoms with Crippen molar-refractivity contribution in [3.63, 3.8) is 0 Å². The van der Waals surface area contributed by atoms with E-state index in [4.69, 9.17) is 0 Å². The second-order valence-electron chi connectivity index (χ2n) is 5.17. The first-order valence-corrected chi connectivity index (χ1v) is 6.50. The third kappa shape index (κ3) is 3.39. The molecule has 0 atom stereocenters. The monoisotopic (exact) mass is 241 g/mol. The van der Waals surface area contributed by atoms with E-state index in [-0.39, 0.29) is 0 Å². The molecule has 0 N–H and O–H groups in total. The zero-order chi connectivity index (χ0) is 13.0. The summed E-state index contributed by atoms with van der Waals surface area (Å²) < 4.78 is 0. The molecule has 2 rings (SSSR count). The number of hydrogen-bond acceptors (Lipinski definition) is 2. The van der Waals surface area contributed by atoms with Gasteiger partial charge in [-0.25, -0.2) is 0 Å². The maximum Gasteiger partial charge on any atom is 0.133 e. The van der Waals surface area contributed by atoms with Crippen LogP contribution in [0.3, 0.4) is 0 Å². The van der Waals surface area contributed by atoms with Crippen LogP contribution in [0, 0.1) is 5.92 Å². The molecule has 2 nitrogen and oxygen atoms in total. The van der Waals surface area contributed by atoms with Crippen molar-refractivity contribution < 1.29 is 4.79 Å². The molecule has 0 aliphatic heterocycles. The average molecular weight is 241 g/mol. The summed E-state index contributed by atoms with van der Waals surface area (Å²) in [6.07, 6.45) is 3.98. The normalized spacial score (nSPS) is 11.1. The number of benzene rings is 1. The van der Waals surface area contributed by atoms with Crippen LogP contribution in [0.15, 0.2) is 36.5 Å². The second kappa shape index (κ2) is 5.76. The number of pyridine rings is 1.